The molecule has 1 unspecified atom stereocenters. The standard InChI is InChI=1S/C14H18ClN3O3/c1-2-17-7-6-10(9-17)8-16-14(19)11-4-3-5-12(15)13(11)18(20)21/h3-5,10H,2,6-9H2,1H3,(H,16,19). The van der Waals surface area contributed by atoms with Gasteiger partial charge in [0.1, 0.15) is 10.6 Å². The zero-order chi connectivity index (χ0) is 15.4. The number of nitro groups is 1. The Bertz CT molecular complexity index is 550. The number of amides is 1. The van der Waals surface area contributed by atoms with Crippen LogP contribution >= 0.6 is 11.6 Å². The number of nitrogens with zero attached hydrogens (tertiary/aromatic N) is 2. The molecule has 1 aliphatic rings. The molecule has 1 aliphatic heterocycles. The molecule has 0 saturated carbocycles. The van der Waals surface area contributed by atoms with Crippen molar-refractivity contribution in [2.24, 2.45) is 5.92 Å². The number of para-hydroxylation sites is 1. The number of nitro benzene ring substituents is 1. The molecule has 0 spiro atoms. The van der Waals surface area contributed by atoms with Crippen molar-refractivity contribution < 1.29 is 9.72 Å². The summed E-state index contributed by atoms with van der Waals surface area (Å²) in [7, 11) is 0. The molecule has 0 aromatic heterocycles. The highest BCUT2D eigenvalue weighted by molar-refractivity contribution is 6.33. The van der Waals surface area contributed by atoms with Crippen molar-refractivity contribution in [3.05, 3.63) is 38.9 Å². The van der Waals surface area contributed by atoms with Gasteiger partial charge in [-0.2, -0.15) is 0 Å². The molecular weight excluding hydrogens is 294 g/mol. The Labute approximate surface area is 128 Å². The fourth-order valence-corrected chi connectivity index (χ4v) is 2.83. The molecule has 114 valence electrons. The highest BCUT2D eigenvalue weighted by Crippen LogP contribution is 2.28. The van der Waals surface area contributed by atoms with E-state index in [-0.39, 0.29) is 16.3 Å². The van der Waals surface area contributed by atoms with Crippen LogP contribution in [0.3, 0.4) is 0 Å². The van der Waals surface area contributed by atoms with Crippen molar-refractivity contribution in [1.29, 1.82) is 0 Å². The number of likely N-dealkylation sites (tertiary alicyclic amines) is 1. The van der Waals surface area contributed by atoms with E-state index >= 15 is 0 Å². The Morgan fingerprint density at radius 3 is 2.95 bits per heavy atom. The van der Waals surface area contributed by atoms with Crippen molar-refractivity contribution >= 4 is 23.2 Å². The van der Waals surface area contributed by atoms with Crippen LogP contribution in [0.2, 0.25) is 5.02 Å². The molecule has 1 amide bonds. The maximum Gasteiger partial charge on any atom is 0.300 e. The summed E-state index contributed by atoms with van der Waals surface area (Å²) in [5.41, 5.74) is -0.323. The highest BCUT2D eigenvalue weighted by atomic mass is 35.5. The van der Waals surface area contributed by atoms with Crippen LogP contribution in [0.4, 0.5) is 5.69 Å². The lowest BCUT2D eigenvalue weighted by atomic mass is 10.1. The largest absolute Gasteiger partial charge is 0.351 e. The molecule has 0 radical (unpaired) electrons. The van der Waals surface area contributed by atoms with E-state index in [2.05, 4.69) is 17.1 Å². The number of hydrogen-bond donors (Lipinski definition) is 1. The molecule has 0 aliphatic carbocycles. The molecule has 6 nitrogen and oxygen atoms in total. The van der Waals surface area contributed by atoms with Gasteiger partial charge in [-0.1, -0.05) is 24.6 Å². The number of nitrogens with one attached hydrogen (secondary N) is 1. The first-order chi connectivity index (χ1) is 10.0. The first-order valence-corrected chi connectivity index (χ1v) is 7.34. The molecule has 1 aromatic rings. The molecule has 2 rings (SSSR count). The maximum absolute atomic E-state index is 12.1. The molecule has 1 fully saturated rings. The summed E-state index contributed by atoms with van der Waals surface area (Å²) >= 11 is 5.81. The zero-order valence-electron chi connectivity index (χ0n) is 11.8. The molecule has 7 heteroatoms. The van der Waals surface area contributed by atoms with Crippen molar-refractivity contribution in [1.82, 2.24) is 10.2 Å². The lowest BCUT2D eigenvalue weighted by Gasteiger charge is -2.13. The van der Waals surface area contributed by atoms with Crippen molar-refractivity contribution in [3.63, 3.8) is 0 Å². The van der Waals surface area contributed by atoms with Gasteiger partial charge in [0, 0.05) is 13.1 Å². The number of hydrogen-bond acceptors (Lipinski definition) is 4. The van der Waals surface area contributed by atoms with Gasteiger partial charge in [0.2, 0.25) is 0 Å². The maximum atomic E-state index is 12.1. The van der Waals surface area contributed by atoms with E-state index in [9.17, 15) is 14.9 Å². The molecule has 1 heterocycles. The molecule has 1 saturated heterocycles. The summed E-state index contributed by atoms with van der Waals surface area (Å²) in [6, 6.07) is 4.37. The number of benzene rings is 1. The molecule has 21 heavy (non-hydrogen) atoms. The summed E-state index contributed by atoms with van der Waals surface area (Å²) in [6.07, 6.45) is 1.03. The SMILES string of the molecule is CCN1CCC(CNC(=O)c2cccc(Cl)c2[N+](=O)[O-])C1. The lowest BCUT2D eigenvalue weighted by Crippen LogP contribution is -2.31. The first kappa shape index (κ1) is 15.7. The van der Waals surface area contributed by atoms with E-state index < -0.39 is 10.8 Å². The summed E-state index contributed by atoms with van der Waals surface area (Å²) in [6.45, 7) is 5.63. The van der Waals surface area contributed by atoms with E-state index in [1.807, 2.05) is 0 Å². The van der Waals surface area contributed by atoms with Crippen LogP contribution in [0.1, 0.15) is 23.7 Å². The van der Waals surface area contributed by atoms with Crippen LogP contribution in [-0.4, -0.2) is 41.9 Å². The third kappa shape index (κ3) is 3.71. The van der Waals surface area contributed by atoms with Crippen molar-refractivity contribution in [2.75, 3.05) is 26.2 Å². The second-order valence-electron chi connectivity index (χ2n) is 5.15. The molecule has 1 aromatic carbocycles. The van der Waals surface area contributed by atoms with Gasteiger partial charge in [0.05, 0.1) is 4.92 Å². The topological polar surface area (TPSA) is 75.5 Å². The van der Waals surface area contributed by atoms with Crippen molar-refractivity contribution in [3.8, 4) is 0 Å². The minimum Gasteiger partial charge on any atom is -0.351 e. The second-order valence-corrected chi connectivity index (χ2v) is 5.56. The Morgan fingerprint density at radius 2 is 2.33 bits per heavy atom. The third-order valence-corrected chi connectivity index (χ3v) is 4.09. The summed E-state index contributed by atoms with van der Waals surface area (Å²) in [4.78, 5) is 24.9. The number of carbonyl (C=O) groups is 1. The summed E-state index contributed by atoms with van der Waals surface area (Å²) in [5, 5.41) is 13.8. The second kappa shape index (κ2) is 6.87. The average Bonchev–Trinajstić information content (AvgIpc) is 2.92. The lowest BCUT2D eigenvalue weighted by molar-refractivity contribution is -0.385. The Balaban J connectivity index is 2.01. The average molecular weight is 312 g/mol. The van der Waals surface area contributed by atoms with E-state index in [1.165, 1.54) is 12.1 Å². The number of rotatable bonds is 5. The summed E-state index contributed by atoms with van der Waals surface area (Å²) in [5.74, 6) is -0.0497. The quantitative estimate of drug-likeness (QED) is 0.669. The highest BCUT2D eigenvalue weighted by Gasteiger charge is 2.25. The number of halogens is 1. The van der Waals surface area contributed by atoms with Gasteiger partial charge in [-0.15, -0.1) is 0 Å². The minimum absolute atomic E-state index is 0.0119. The fraction of sp³-hybridized carbons (Fsp3) is 0.500. The monoisotopic (exact) mass is 311 g/mol. The molecule has 1 atom stereocenters. The minimum atomic E-state index is -0.619. The fourth-order valence-electron chi connectivity index (χ4n) is 2.58. The number of carbonyl (C=O) groups excluding carboxylic acids is 1. The van der Waals surface area contributed by atoms with Gasteiger partial charge in [-0.25, -0.2) is 0 Å². The van der Waals surface area contributed by atoms with Crippen LogP contribution in [0, 0.1) is 16.0 Å². The Kier molecular flexibility index (Phi) is 5.14. The van der Waals surface area contributed by atoms with E-state index in [0.717, 1.165) is 26.1 Å². The molecular formula is C14H18ClN3O3. The van der Waals surface area contributed by atoms with Crippen LogP contribution in [0.5, 0.6) is 0 Å². The van der Waals surface area contributed by atoms with E-state index in [0.29, 0.717) is 12.5 Å². The van der Waals surface area contributed by atoms with Gasteiger partial charge in [-0.3, -0.25) is 14.9 Å². The Morgan fingerprint density at radius 1 is 1.57 bits per heavy atom. The van der Waals surface area contributed by atoms with E-state index in [4.69, 9.17) is 11.6 Å². The van der Waals surface area contributed by atoms with Gasteiger partial charge >= 0.3 is 5.69 Å². The van der Waals surface area contributed by atoms with Gasteiger partial charge in [0.15, 0.2) is 0 Å². The third-order valence-electron chi connectivity index (χ3n) is 3.78. The predicted molar refractivity (Wildman–Crippen MR) is 80.7 cm³/mol. The van der Waals surface area contributed by atoms with Gasteiger partial charge in [-0.05, 0) is 37.6 Å². The molecule has 1 N–H and O–H groups in total. The van der Waals surface area contributed by atoms with Crippen LogP contribution in [0.15, 0.2) is 18.2 Å². The first-order valence-electron chi connectivity index (χ1n) is 6.96. The van der Waals surface area contributed by atoms with E-state index in [1.54, 1.807) is 6.07 Å². The van der Waals surface area contributed by atoms with Crippen LogP contribution in [-0.2, 0) is 0 Å². The smallest absolute Gasteiger partial charge is 0.300 e. The van der Waals surface area contributed by atoms with Crippen LogP contribution < -0.4 is 5.32 Å². The summed E-state index contributed by atoms with van der Waals surface area (Å²) < 4.78 is 0. The van der Waals surface area contributed by atoms with Crippen molar-refractivity contribution in [2.45, 2.75) is 13.3 Å². The normalized spacial score (nSPS) is 18.7. The van der Waals surface area contributed by atoms with Gasteiger partial charge < -0.3 is 10.2 Å². The Hall–Kier alpha value is -1.66. The van der Waals surface area contributed by atoms with Gasteiger partial charge in [0.25, 0.3) is 5.91 Å². The molecule has 0 bridgehead atoms. The zero-order valence-corrected chi connectivity index (χ0v) is 12.6. The van der Waals surface area contributed by atoms with Crippen LogP contribution in [0.25, 0.3) is 0 Å². The predicted octanol–water partition coefficient (Wildman–Crippen LogP) is 2.32.